The number of halogens is 2. The van der Waals surface area contributed by atoms with Gasteiger partial charge in [0.1, 0.15) is 5.82 Å². The van der Waals surface area contributed by atoms with E-state index in [-0.39, 0.29) is 11.2 Å². The van der Waals surface area contributed by atoms with E-state index in [1.165, 1.54) is 5.56 Å². The first-order valence-electron chi connectivity index (χ1n) is 9.69. The van der Waals surface area contributed by atoms with E-state index in [1.54, 1.807) is 18.2 Å². The standard InChI is InChI=1S/C23H22Cl2N4O/c1-13-4-6-16(7-5-13)27-22-28-18-11-23(2,3)12-19(30)20(18)21(29-22)26-17-9-14(24)8-15(25)10-17/h4-10H,11-12H2,1-3H3,(H2,26,27,28,29). The average Bonchev–Trinajstić information content (AvgIpc) is 2.61. The van der Waals surface area contributed by atoms with E-state index in [0.29, 0.717) is 45.9 Å². The fourth-order valence-electron chi connectivity index (χ4n) is 3.64. The molecule has 0 saturated heterocycles. The number of carbonyl (C=O) groups excluding carboxylic acids is 1. The van der Waals surface area contributed by atoms with Crippen LogP contribution >= 0.6 is 23.2 Å². The molecule has 1 aromatic heterocycles. The lowest BCUT2D eigenvalue weighted by Gasteiger charge is -2.30. The lowest BCUT2D eigenvalue weighted by atomic mass is 9.75. The number of Topliss-reactive ketones (excluding diaryl/α,β-unsaturated/α-hetero) is 1. The molecule has 0 amide bonds. The first kappa shape index (κ1) is 20.6. The highest BCUT2D eigenvalue weighted by Gasteiger charge is 2.35. The molecule has 0 bridgehead atoms. The van der Waals surface area contributed by atoms with Crippen molar-refractivity contribution in [1.29, 1.82) is 0 Å². The number of fused-ring (bicyclic) bond motifs is 1. The molecule has 1 aliphatic rings. The molecule has 2 aromatic carbocycles. The van der Waals surface area contributed by atoms with Crippen LogP contribution in [0.25, 0.3) is 0 Å². The minimum Gasteiger partial charge on any atom is -0.339 e. The van der Waals surface area contributed by atoms with Crippen molar-refractivity contribution in [3.8, 4) is 0 Å². The molecular formula is C23H22Cl2N4O. The van der Waals surface area contributed by atoms with Gasteiger partial charge in [0, 0.05) is 27.8 Å². The molecule has 4 rings (SSSR count). The summed E-state index contributed by atoms with van der Waals surface area (Å²) in [6.45, 7) is 6.19. The number of carbonyl (C=O) groups is 1. The lowest BCUT2D eigenvalue weighted by Crippen LogP contribution is -2.29. The molecule has 154 valence electrons. The summed E-state index contributed by atoms with van der Waals surface area (Å²) in [7, 11) is 0. The zero-order chi connectivity index (χ0) is 21.5. The van der Waals surface area contributed by atoms with Gasteiger partial charge in [-0.15, -0.1) is 0 Å². The van der Waals surface area contributed by atoms with Gasteiger partial charge in [-0.25, -0.2) is 4.98 Å². The molecule has 0 saturated carbocycles. The Kier molecular flexibility index (Phi) is 5.43. The Hall–Kier alpha value is -2.63. The molecule has 2 N–H and O–H groups in total. The predicted octanol–water partition coefficient (Wildman–Crippen LogP) is 6.73. The van der Waals surface area contributed by atoms with Gasteiger partial charge in [0.25, 0.3) is 0 Å². The highest BCUT2D eigenvalue weighted by molar-refractivity contribution is 6.35. The van der Waals surface area contributed by atoms with E-state index < -0.39 is 0 Å². The summed E-state index contributed by atoms with van der Waals surface area (Å²) in [5, 5.41) is 7.47. The van der Waals surface area contributed by atoms with E-state index in [1.807, 2.05) is 31.2 Å². The Morgan fingerprint density at radius 3 is 2.23 bits per heavy atom. The molecule has 7 heteroatoms. The van der Waals surface area contributed by atoms with Crippen LogP contribution in [0.4, 0.5) is 23.1 Å². The Balaban J connectivity index is 1.78. The molecule has 0 spiro atoms. The Labute approximate surface area is 185 Å². The number of benzene rings is 2. The van der Waals surface area contributed by atoms with Crippen molar-refractivity contribution in [3.63, 3.8) is 0 Å². The lowest BCUT2D eigenvalue weighted by molar-refractivity contribution is 0.0911. The van der Waals surface area contributed by atoms with Gasteiger partial charge in [-0.1, -0.05) is 54.7 Å². The average molecular weight is 441 g/mol. The normalized spacial score (nSPS) is 14.9. The maximum Gasteiger partial charge on any atom is 0.229 e. The molecule has 0 fully saturated rings. The zero-order valence-electron chi connectivity index (χ0n) is 17.0. The minimum absolute atomic E-state index is 0.0266. The van der Waals surface area contributed by atoms with E-state index in [2.05, 4.69) is 34.4 Å². The number of aromatic nitrogens is 2. The predicted molar refractivity (Wildman–Crippen MR) is 123 cm³/mol. The van der Waals surface area contributed by atoms with Gasteiger partial charge >= 0.3 is 0 Å². The van der Waals surface area contributed by atoms with E-state index in [4.69, 9.17) is 23.2 Å². The van der Waals surface area contributed by atoms with Crippen molar-refractivity contribution >= 4 is 52.1 Å². The molecule has 0 aliphatic heterocycles. The van der Waals surface area contributed by atoms with E-state index in [9.17, 15) is 4.79 Å². The number of nitrogens with zero attached hydrogens (tertiary/aromatic N) is 2. The second-order valence-electron chi connectivity index (χ2n) is 8.43. The quantitative estimate of drug-likeness (QED) is 0.470. The maximum absolute atomic E-state index is 13.0. The minimum atomic E-state index is -0.157. The van der Waals surface area contributed by atoms with Crippen molar-refractivity contribution in [2.24, 2.45) is 5.41 Å². The first-order valence-corrected chi connectivity index (χ1v) is 10.5. The second-order valence-corrected chi connectivity index (χ2v) is 9.31. The number of rotatable bonds is 4. The summed E-state index contributed by atoms with van der Waals surface area (Å²) >= 11 is 12.3. The molecule has 0 atom stereocenters. The van der Waals surface area contributed by atoms with E-state index >= 15 is 0 Å². The Bertz CT molecular complexity index is 1110. The number of anilines is 4. The molecule has 0 radical (unpaired) electrons. The smallest absolute Gasteiger partial charge is 0.229 e. The van der Waals surface area contributed by atoms with Gasteiger partial charge in [-0.3, -0.25) is 4.79 Å². The molecule has 5 nitrogen and oxygen atoms in total. The second kappa shape index (κ2) is 7.89. The highest BCUT2D eigenvalue weighted by Crippen LogP contribution is 2.38. The molecule has 30 heavy (non-hydrogen) atoms. The Morgan fingerprint density at radius 1 is 0.900 bits per heavy atom. The molecule has 1 heterocycles. The highest BCUT2D eigenvalue weighted by atomic mass is 35.5. The third kappa shape index (κ3) is 4.58. The summed E-state index contributed by atoms with van der Waals surface area (Å²) < 4.78 is 0. The van der Waals surface area contributed by atoms with Crippen LogP contribution in [0.3, 0.4) is 0 Å². The van der Waals surface area contributed by atoms with E-state index in [0.717, 1.165) is 11.4 Å². The van der Waals surface area contributed by atoms with Crippen LogP contribution in [0, 0.1) is 12.3 Å². The van der Waals surface area contributed by atoms with Crippen LogP contribution in [-0.2, 0) is 6.42 Å². The molecule has 3 aromatic rings. The van der Waals surface area contributed by atoms with Crippen molar-refractivity contribution in [1.82, 2.24) is 9.97 Å². The number of hydrogen-bond acceptors (Lipinski definition) is 5. The fraction of sp³-hybridized carbons (Fsp3) is 0.261. The molecular weight excluding hydrogens is 419 g/mol. The van der Waals surface area contributed by atoms with Gasteiger partial charge in [0.2, 0.25) is 5.95 Å². The van der Waals surface area contributed by atoms with Gasteiger partial charge in [0.15, 0.2) is 5.78 Å². The van der Waals surface area contributed by atoms with Crippen LogP contribution in [0.1, 0.15) is 41.9 Å². The largest absolute Gasteiger partial charge is 0.339 e. The summed E-state index contributed by atoms with van der Waals surface area (Å²) in [6, 6.07) is 13.1. The van der Waals surface area contributed by atoms with Gasteiger partial charge < -0.3 is 10.6 Å². The van der Waals surface area contributed by atoms with Crippen LogP contribution in [0.2, 0.25) is 10.0 Å². The zero-order valence-corrected chi connectivity index (χ0v) is 18.5. The van der Waals surface area contributed by atoms with Gasteiger partial charge in [0.05, 0.1) is 11.3 Å². The number of nitrogens with one attached hydrogen (secondary N) is 2. The topological polar surface area (TPSA) is 66.9 Å². The molecule has 0 unspecified atom stereocenters. The van der Waals surface area contributed by atoms with Gasteiger partial charge in [-0.05, 0) is 49.1 Å². The monoisotopic (exact) mass is 440 g/mol. The van der Waals surface area contributed by atoms with Crippen molar-refractivity contribution < 1.29 is 4.79 Å². The van der Waals surface area contributed by atoms with Crippen LogP contribution < -0.4 is 10.6 Å². The number of hydrogen-bond donors (Lipinski definition) is 2. The van der Waals surface area contributed by atoms with Crippen molar-refractivity contribution in [2.75, 3.05) is 10.6 Å². The number of aryl methyl sites for hydroxylation is 1. The van der Waals surface area contributed by atoms with Crippen molar-refractivity contribution in [2.45, 2.75) is 33.6 Å². The first-order chi connectivity index (χ1) is 14.2. The Morgan fingerprint density at radius 2 is 1.57 bits per heavy atom. The maximum atomic E-state index is 13.0. The fourth-order valence-corrected chi connectivity index (χ4v) is 4.17. The van der Waals surface area contributed by atoms with Crippen LogP contribution in [0.15, 0.2) is 42.5 Å². The van der Waals surface area contributed by atoms with Crippen LogP contribution in [0.5, 0.6) is 0 Å². The SMILES string of the molecule is Cc1ccc(Nc2nc3c(c(Nc4cc(Cl)cc(Cl)c4)n2)C(=O)CC(C)(C)C3)cc1. The summed E-state index contributed by atoms with van der Waals surface area (Å²) in [5.74, 6) is 0.908. The third-order valence-corrected chi connectivity index (χ3v) is 5.42. The number of ketones is 1. The summed E-state index contributed by atoms with van der Waals surface area (Å²) in [4.78, 5) is 22.3. The summed E-state index contributed by atoms with van der Waals surface area (Å²) in [5.41, 5.74) is 3.80. The van der Waals surface area contributed by atoms with Crippen LogP contribution in [-0.4, -0.2) is 15.8 Å². The molecule has 1 aliphatic carbocycles. The third-order valence-electron chi connectivity index (χ3n) is 4.98. The summed E-state index contributed by atoms with van der Waals surface area (Å²) in [6.07, 6.45) is 1.13. The van der Waals surface area contributed by atoms with Crippen molar-refractivity contribution in [3.05, 3.63) is 69.3 Å². The van der Waals surface area contributed by atoms with Gasteiger partial charge in [-0.2, -0.15) is 4.98 Å².